The molecule has 1 saturated heterocycles. The molecule has 1 aromatic heterocycles. The van der Waals surface area contributed by atoms with Crippen LogP contribution in [0, 0.1) is 5.82 Å². The number of nitrogens with one attached hydrogen (secondary N) is 2. The van der Waals surface area contributed by atoms with E-state index < -0.39 is 5.82 Å². The number of ether oxygens (including phenoxy) is 1. The highest BCUT2D eigenvalue weighted by atomic mass is 35.5. The van der Waals surface area contributed by atoms with Gasteiger partial charge in [0.15, 0.2) is 16.1 Å². The van der Waals surface area contributed by atoms with Crippen LogP contribution in [0.3, 0.4) is 0 Å². The number of nitrogens with zero attached hydrogens (tertiary/aromatic N) is 3. The fourth-order valence-corrected chi connectivity index (χ4v) is 3.28. The second-order valence-electron chi connectivity index (χ2n) is 5.90. The average Bonchev–Trinajstić information content (AvgIpc) is 3.16. The van der Waals surface area contributed by atoms with Crippen molar-refractivity contribution in [2.45, 2.75) is 0 Å². The van der Waals surface area contributed by atoms with Crippen LogP contribution < -0.4 is 15.5 Å². The quantitative estimate of drug-likeness (QED) is 0.637. The molecule has 0 aliphatic carbocycles. The Labute approximate surface area is 164 Å². The summed E-state index contributed by atoms with van der Waals surface area (Å²) in [5.41, 5.74) is 3.37. The van der Waals surface area contributed by atoms with Crippen molar-refractivity contribution < 1.29 is 13.8 Å². The predicted octanol–water partition coefficient (Wildman–Crippen LogP) is 3.66. The molecule has 7 nitrogen and oxygen atoms in total. The van der Waals surface area contributed by atoms with Gasteiger partial charge in [0.25, 0.3) is 0 Å². The van der Waals surface area contributed by atoms with E-state index in [9.17, 15) is 4.39 Å². The van der Waals surface area contributed by atoms with Crippen molar-refractivity contribution in [2.75, 3.05) is 41.8 Å². The molecule has 27 heavy (non-hydrogen) atoms. The van der Waals surface area contributed by atoms with E-state index in [0.29, 0.717) is 40.7 Å². The molecule has 2 heterocycles. The maximum Gasteiger partial charge on any atom is 0.175 e. The Kier molecular flexibility index (Phi) is 5.06. The lowest BCUT2D eigenvalue weighted by atomic mass is 10.2. The van der Waals surface area contributed by atoms with E-state index in [0.717, 1.165) is 18.8 Å². The van der Waals surface area contributed by atoms with E-state index in [1.54, 1.807) is 6.07 Å². The van der Waals surface area contributed by atoms with Gasteiger partial charge < -0.3 is 20.3 Å². The highest BCUT2D eigenvalue weighted by Gasteiger charge is 2.19. The third-order valence-electron chi connectivity index (χ3n) is 4.17. The number of morpholine rings is 1. The van der Waals surface area contributed by atoms with Gasteiger partial charge in [-0.1, -0.05) is 11.6 Å². The molecule has 1 aliphatic heterocycles. The second-order valence-corrected chi connectivity index (χ2v) is 6.72. The molecular formula is C17H15ClFN5O2S. The Morgan fingerprint density at radius 3 is 2.67 bits per heavy atom. The molecule has 0 unspecified atom stereocenters. The van der Waals surface area contributed by atoms with E-state index >= 15 is 0 Å². The molecule has 1 aliphatic rings. The summed E-state index contributed by atoms with van der Waals surface area (Å²) in [4.78, 5) is 2.18. The van der Waals surface area contributed by atoms with Crippen molar-refractivity contribution in [1.82, 2.24) is 10.3 Å². The number of fused-ring (bicyclic) bond motifs is 1. The minimum atomic E-state index is -0.491. The highest BCUT2D eigenvalue weighted by molar-refractivity contribution is 7.80. The highest BCUT2D eigenvalue weighted by Crippen LogP contribution is 2.30. The molecule has 0 amide bonds. The number of benzene rings is 2. The Bertz CT molecular complexity index is 993. The third kappa shape index (κ3) is 3.80. The first-order chi connectivity index (χ1) is 13.1. The van der Waals surface area contributed by atoms with Crippen LogP contribution in [-0.4, -0.2) is 41.7 Å². The van der Waals surface area contributed by atoms with E-state index in [-0.39, 0.29) is 5.02 Å². The molecule has 140 valence electrons. The van der Waals surface area contributed by atoms with Crippen LogP contribution in [0.15, 0.2) is 35.0 Å². The molecule has 0 bridgehead atoms. The molecule has 0 atom stereocenters. The molecule has 10 heteroatoms. The van der Waals surface area contributed by atoms with E-state index in [1.165, 1.54) is 12.1 Å². The molecule has 0 radical (unpaired) electrons. The van der Waals surface area contributed by atoms with Gasteiger partial charge in [0.1, 0.15) is 5.82 Å². The SMILES string of the molecule is Fc1ccc(NC(=S)Nc2ccc(N3CCOCC3)c3nonc23)cc1Cl. The average molecular weight is 408 g/mol. The number of halogens is 2. The Morgan fingerprint density at radius 1 is 1.11 bits per heavy atom. The number of thiocarbonyl (C=S) groups is 1. The predicted molar refractivity (Wildman–Crippen MR) is 106 cm³/mol. The van der Waals surface area contributed by atoms with Crippen LogP contribution in [0.1, 0.15) is 0 Å². The summed E-state index contributed by atoms with van der Waals surface area (Å²) in [7, 11) is 0. The van der Waals surface area contributed by atoms with Crippen molar-refractivity contribution in [3.05, 3.63) is 41.2 Å². The van der Waals surface area contributed by atoms with Crippen LogP contribution >= 0.6 is 23.8 Å². The zero-order valence-corrected chi connectivity index (χ0v) is 15.6. The van der Waals surface area contributed by atoms with Crippen LogP contribution in [0.2, 0.25) is 5.02 Å². The van der Waals surface area contributed by atoms with Crippen molar-refractivity contribution >= 4 is 57.0 Å². The first-order valence-electron chi connectivity index (χ1n) is 8.23. The smallest absolute Gasteiger partial charge is 0.175 e. The van der Waals surface area contributed by atoms with Gasteiger partial charge in [-0.05, 0) is 52.9 Å². The molecular weight excluding hydrogens is 393 g/mol. The van der Waals surface area contributed by atoms with Gasteiger partial charge in [0.2, 0.25) is 0 Å². The number of rotatable bonds is 3. The molecule has 0 spiro atoms. The Morgan fingerprint density at radius 2 is 1.89 bits per heavy atom. The van der Waals surface area contributed by atoms with Crippen LogP contribution in [0.4, 0.5) is 21.5 Å². The lowest BCUT2D eigenvalue weighted by Gasteiger charge is -2.28. The summed E-state index contributed by atoms with van der Waals surface area (Å²) in [6, 6.07) is 8.08. The van der Waals surface area contributed by atoms with Crippen molar-refractivity contribution in [2.24, 2.45) is 0 Å². The number of hydrogen-bond acceptors (Lipinski definition) is 6. The van der Waals surface area contributed by atoms with Gasteiger partial charge in [-0.3, -0.25) is 0 Å². The second kappa shape index (κ2) is 7.63. The molecule has 1 fully saturated rings. The number of hydrogen-bond donors (Lipinski definition) is 2. The van der Waals surface area contributed by atoms with Crippen molar-refractivity contribution in [3.8, 4) is 0 Å². The Hall–Kier alpha value is -2.49. The first-order valence-corrected chi connectivity index (χ1v) is 9.01. The fraction of sp³-hybridized carbons (Fsp3) is 0.235. The van der Waals surface area contributed by atoms with Crippen LogP contribution in [0.5, 0.6) is 0 Å². The number of anilines is 3. The Balaban J connectivity index is 1.54. The molecule has 2 N–H and O–H groups in total. The van der Waals surface area contributed by atoms with Gasteiger partial charge in [-0.2, -0.15) is 0 Å². The van der Waals surface area contributed by atoms with Crippen LogP contribution in [-0.2, 0) is 4.74 Å². The van der Waals surface area contributed by atoms with E-state index in [2.05, 4.69) is 25.8 Å². The fourth-order valence-electron chi connectivity index (χ4n) is 2.87. The maximum absolute atomic E-state index is 13.3. The lowest BCUT2D eigenvalue weighted by molar-refractivity contribution is 0.123. The largest absolute Gasteiger partial charge is 0.378 e. The minimum Gasteiger partial charge on any atom is -0.378 e. The first kappa shape index (κ1) is 17.9. The zero-order valence-electron chi connectivity index (χ0n) is 14.0. The minimum absolute atomic E-state index is 0.0146. The zero-order chi connectivity index (χ0) is 18.8. The maximum atomic E-state index is 13.3. The number of aromatic nitrogens is 2. The van der Waals surface area contributed by atoms with Gasteiger partial charge in [0, 0.05) is 18.8 Å². The van der Waals surface area contributed by atoms with Gasteiger partial charge in [0.05, 0.1) is 29.6 Å². The molecule has 4 rings (SSSR count). The van der Waals surface area contributed by atoms with E-state index in [4.69, 9.17) is 33.2 Å². The van der Waals surface area contributed by atoms with Crippen LogP contribution in [0.25, 0.3) is 11.0 Å². The van der Waals surface area contributed by atoms with Gasteiger partial charge in [-0.15, -0.1) is 0 Å². The summed E-state index contributed by atoms with van der Waals surface area (Å²) < 4.78 is 23.6. The van der Waals surface area contributed by atoms with Gasteiger partial charge >= 0.3 is 0 Å². The normalized spacial score (nSPS) is 14.4. The van der Waals surface area contributed by atoms with E-state index in [1.807, 2.05) is 12.1 Å². The summed E-state index contributed by atoms with van der Waals surface area (Å²) >= 11 is 11.1. The van der Waals surface area contributed by atoms with Crippen molar-refractivity contribution in [1.29, 1.82) is 0 Å². The van der Waals surface area contributed by atoms with Gasteiger partial charge in [-0.25, -0.2) is 9.02 Å². The summed E-state index contributed by atoms with van der Waals surface area (Å²) in [5.74, 6) is -0.491. The summed E-state index contributed by atoms with van der Waals surface area (Å²) in [6.45, 7) is 2.89. The molecule has 3 aromatic rings. The summed E-state index contributed by atoms with van der Waals surface area (Å²) in [5, 5.41) is 14.4. The lowest BCUT2D eigenvalue weighted by Crippen LogP contribution is -2.36. The topological polar surface area (TPSA) is 75.5 Å². The molecule has 2 aromatic carbocycles. The standard InChI is InChI=1S/C17H15ClFN5O2S/c18-11-9-10(1-2-12(11)19)20-17(27)21-13-3-4-14(16-15(13)22-26-23-16)24-5-7-25-8-6-24/h1-4,9H,5-8H2,(H2,20,21,27). The summed E-state index contributed by atoms with van der Waals surface area (Å²) in [6.07, 6.45) is 0. The third-order valence-corrected chi connectivity index (χ3v) is 4.67. The monoisotopic (exact) mass is 407 g/mol. The van der Waals surface area contributed by atoms with Crippen molar-refractivity contribution in [3.63, 3.8) is 0 Å². The molecule has 0 saturated carbocycles.